The SMILES string of the molecule is CC1(C)CC1COc1ccn(-c2ccc(C(=O)O)c(Cl)n2)n1. The highest BCUT2D eigenvalue weighted by Crippen LogP contribution is 2.51. The number of carboxylic acid groups (broad SMARTS) is 1. The molecular formula is C15H16ClN3O3. The molecule has 1 saturated carbocycles. The van der Waals surface area contributed by atoms with Gasteiger partial charge in [0, 0.05) is 12.3 Å². The number of halogens is 1. The van der Waals surface area contributed by atoms with Gasteiger partial charge in [-0.05, 0) is 29.9 Å². The third-order valence-corrected chi connectivity index (χ3v) is 4.30. The summed E-state index contributed by atoms with van der Waals surface area (Å²) < 4.78 is 7.18. The lowest BCUT2D eigenvalue weighted by atomic mass is 10.1. The molecule has 1 fully saturated rings. The predicted octanol–water partition coefficient (Wildman–Crippen LogP) is 3.04. The summed E-state index contributed by atoms with van der Waals surface area (Å²) in [6, 6.07) is 4.70. The van der Waals surface area contributed by atoms with E-state index in [9.17, 15) is 4.79 Å². The number of carbonyl (C=O) groups is 1. The second-order valence-electron chi connectivity index (χ2n) is 6.11. The molecule has 1 atom stereocenters. The van der Waals surface area contributed by atoms with Gasteiger partial charge in [-0.2, -0.15) is 0 Å². The van der Waals surface area contributed by atoms with Gasteiger partial charge in [0.05, 0.1) is 12.2 Å². The lowest BCUT2D eigenvalue weighted by molar-refractivity contribution is 0.0696. The van der Waals surface area contributed by atoms with Gasteiger partial charge >= 0.3 is 5.97 Å². The Hall–Kier alpha value is -2.08. The Bertz CT molecular complexity index is 727. The van der Waals surface area contributed by atoms with Crippen molar-refractivity contribution in [2.45, 2.75) is 20.3 Å². The maximum Gasteiger partial charge on any atom is 0.338 e. The smallest absolute Gasteiger partial charge is 0.338 e. The van der Waals surface area contributed by atoms with Crippen LogP contribution in [0.1, 0.15) is 30.6 Å². The van der Waals surface area contributed by atoms with Gasteiger partial charge in [-0.25, -0.2) is 14.5 Å². The van der Waals surface area contributed by atoms with Crippen molar-refractivity contribution < 1.29 is 14.6 Å². The molecule has 0 spiro atoms. The van der Waals surface area contributed by atoms with E-state index in [0.717, 1.165) is 0 Å². The number of carboxylic acids is 1. The molecule has 0 aromatic carbocycles. The van der Waals surface area contributed by atoms with Gasteiger partial charge in [0.2, 0.25) is 5.88 Å². The van der Waals surface area contributed by atoms with Crippen LogP contribution in [-0.2, 0) is 0 Å². The molecule has 6 nitrogen and oxygen atoms in total. The highest BCUT2D eigenvalue weighted by molar-refractivity contribution is 6.32. The maximum atomic E-state index is 10.9. The summed E-state index contributed by atoms with van der Waals surface area (Å²) in [5.41, 5.74) is 0.328. The summed E-state index contributed by atoms with van der Waals surface area (Å²) >= 11 is 5.86. The Morgan fingerprint density at radius 1 is 1.50 bits per heavy atom. The molecule has 116 valence electrons. The number of hydrogen-bond acceptors (Lipinski definition) is 4. The molecule has 1 N–H and O–H groups in total. The number of nitrogens with zero attached hydrogens (tertiary/aromatic N) is 3. The Labute approximate surface area is 132 Å². The first-order valence-electron chi connectivity index (χ1n) is 6.95. The number of ether oxygens (including phenoxy) is 1. The van der Waals surface area contributed by atoms with E-state index in [2.05, 4.69) is 23.9 Å². The molecule has 0 aliphatic heterocycles. The molecule has 2 aromatic heterocycles. The molecular weight excluding hydrogens is 306 g/mol. The molecule has 3 rings (SSSR count). The van der Waals surface area contributed by atoms with Gasteiger partial charge in [-0.1, -0.05) is 25.4 Å². The van der Waals surface area contributed by atoms with E-state index >= 15 is 0 Å². The zero-order chi connectivity index (χ0) is 15.9. The van der Waals surface area contributed by atoms with E-state index in [1.54, 1.807) is 18.3 Å². The monoisotopic (exact) mass is 321 g/mol. The van der Waals surface area contributed by atoms with Gasteiger partial charge < -0.3 is 9.84 Å². The predicted molar refractivity (Wildman–Crippen MR) is 80.7 cm³/mol. The van der Waals surface area contributed by atoms with E-state index in [0.29, 0.717) is 29.6 Å². The summed E-state index contributed by atoms with van der Waals surface area (Å²) in [4.78, 5) is 15.0. The van der Waals surface area contributed by atoms with E-state index in [1.165, 1.54) is 17.2 Å². The van der Waals surface area contributed by atoms with Crippen molar-refractivity contribution in [3.63, 3.8) is 0 Å². The molecule has 22 heavy (non-hydrogen) atoms. The Morgan fingerprint density at radius 3 is 2.82 bits per heavy atom. The second kappa shape index (κ2) is 5.28. The molecule has 1 aliphatic carbocycles. The lowest BCUT2D eigenvalue weighted by Crippen LogP contribution is -2.06. The molecule has 1 unspecified atom stereocenters. The van der Waals surface area contributed by atoms with Crippen LogP contribution in [0.3, 0.4) is 0 Å². The minimum Gasteiger partial charge on any atom is -0.478 e. The summed E-state index contributed by atoms with van der Waals surface area (Å²) in [5, 5.41) is 13.1. The fraction of sp³-hybridized carbons (Fsp3) is 0.400. The van der Waals surface area contributed by atoms with Crippen LogP contribution in [0.5, 0.6) is 5.88 Å². The summed E-state index contributed by atoms with van der Waals surface area (Å²) in [6.45, 7) is 5.08. The number of rotatable bonds is 5. The van der Waals surface area contributed by atoms with Crippen molar-refractivity contribution in [1.82, 2.24) is 14.8 Å². The zero-order valence-electron chi connectivity index (χ0n) is 12.3. The minimum absolute atomic E-state index is 0.0370. The van der Waals surface area contributed by atoms with Crippen LogP contribution in [-0.4, -0.2) is 32.4 Å². The van der Waals surface area contributed by atoms with E-state index in [1.807, 2.05) is 0 Å². The standard InChI is InChI=1S/C15H16ClN3O3/c1-15(2)7-9(15)8-22-12-5-6-19(18-12)11-4-3-10(14(20)21)13(16)17-11/h3-6,9H,7-8H2,1-2H3,(H,20,21). The summed E-state index contributed by atoms with van der Waals surface area (Å²) in [5.74, 6) is 0.417. The molecule has 1 aliphatic rings. The third kappa shape index (κ3) is 2.92. The molecule has 7 heteroatoms. The summed E-state index contributed by atoms with van der Waals surface area (Å²) in [7, 11) is 0. The Morgan fingerprint density at radius 2 is 2.23 bits per heavy atom. The van der Waals surface area contributed by atoms with Gasteiger partial charge in [0.15, 0.2) is 5.82 Å². The average molecular weight is 322 g/mol. The molecule has 0 saturated heterocycles. The molecule has 0 amide bonds. The van der Waals surface area contributed by atoms with Gasteiger partial charge in [0.25, 0.3) is 0 Å². The fourth-order valence-corrected chi connectivity index (χ4v) is 2.50. The first-order valence-corrected chi connectivity index (χ1v) is 7.33. The molecule has 2 heterocycles. The summed E-state index contributed by atoms with van der Waals surface area (Å²) in [6.07, 6.45) is 2.87. The Balaban J connectivity index is 1.71. The first-order chi connectivity index (χ1) is 10.4. The van der Waals surface area contributed by atoms with E-state index in [-0.39, 0.29) is 10.7 Å². The van der Waals surface area contributed by atoms with Crippen LogP contribution < -0.4 is 4.74 Å². The maximum absolute atomic E-state index is 10.9. The molecule has 0 bridgehead atoms. The number of hydrogen-bond donors (Lipinski definition) is 1. The second-order valence-corrected chi connectivity index (χ2v) is 6.47. The highest BCUT2D eigenvalue weighted by atomic mass is 35.5. The van der Waals surface area contributed by atoms with E-state index in [4.69, 9.17) is 21.4 Å². The van der Waals surface area contributed by atoms with Crippen LogP contribution in [0.15, 0.2) is 24.4 Å². The van der Waals surface area contributed by atoms with Crippen LogP contribution in [0.4, 0.5) is 0 Å². The fourth-order valence-electron chi connectivity index (χ4n) is 2.27. The highest BCUT2D eigenvalue weighted by Gasteiger charge is 2.45. The van der Waals surface area contributed by atoms with Crippen molar-refractivity contribution in [2.75, 3.05) is 6.61 Å². The van der Waals surface area contributed by atoms with Crippen molar-refractivity contribution in [1.29, 1.82) is 0 Å². The topological polar surface area (TPSA) is 77.2 Å². The van der Waals surface area contributed by atoms with Crippen molar-refractivity contribution >= 4 is 17.6 Å². The quantitative estimate of drug-likeness (QED) is 0.856. The zero-order valence-corrected chi connectivity index (χ0v) is 13.0. The van der Waals surface area contributed by atoms with Gasteiger partial charge in [0.1, 0.15) is 5.15 Å². The van der Waals surface area contributed by atoms with Crippen LogP contribution >= 0.6 is 11.6 Å². The van der Waals surface area contributed by atoms with Crippen LogP contribution in [0.25, 0.3) is 5.82 Å². The lowest BCUT2D eigenvalue weighted by Gasteiger charge is -2.05. The third-order valence-electron chi connectivity index (χ3n) is 4.01. The Kier molecular flexibility index (Phi) is 3.56. The van der Waals surface area contributed by atoms with Crippen molar-refractivity contribution in [3.05, 3.63) is 35.1 Å². The van der Waals surface area contributed by atoms with Crippen molar-refractivity contribution in [2.24, 2.45) is 11.3 Å². The first kappa shape index (κ1) is 14.8. The molecule has 2 aromatic rings. The van der Waals surface area contributed by atoms with Crippen LogP contribution in [0.2, 0.25) is 5.15 Å². The van der Waals surface area contributed by atoms with Crippen LogP contribution in [0, 0.1) is 11.3 Å². The van der Waals surface area contributed by atoms with Gasteiger partial charge in [-0.15, -0.1) is 5.10 Å². The number of aromatic nitrogens is 3. The van der Waals surface area contributed by atoms with E-state index < -0.39 is 5.97 Å². The van der Waals surface area contributed by atoms with Crippen molar-refractivity contribution in [3.8, 4) is 11.7 Å². The normalized spacial score (nSPS) is 19.0. The minimum atomic E-state index is -1.11. The number of aromatic carboxylic acids is 1. The average Bonchev–Trinajstić information content (AvgIpc) is 2.86. The van der Waals surface area contributed by atoms with Gasteiger partial charge in [-0.3, -0.25) is 0 Å². The molecule has 0 radical (unpaired) electrons. The largest absolute Gasteiger partial charge is 0.478 e. The number of pyridine rings is 1.